The highest BCUT2D eigenvalue weighted by molar-refractivity contribution is 5.99. The Labute approximate surface area is 174 Å². The Bertz CT molecular complexity index is 823. The first kappa shape index (κ1) is 22.6. The maximum absolute atomic E-state index is 12.7. The predicted octanol–water partition coefficient (Wildman–Crippen LogP) is 4.24. The van der Waals surface area contributed by atoms with Crippen molar-refractivity contribution < 1.29 is 9.59 Å². The first-order chi connectivity index (χ1) is 13.7. The quantitative estimate of drug-likeness (QED) is 0.727. The summed E-state index contributed by atoms with van der Waals surface area (Å²) in [7, 11) is 1.65. The molecule has 0 bridgehead atoms. The number of likely N-dealkylation sites (N-methyl/N-ethyl adjacent to an activating group) is 1. The molecule has 156 valence electrons. The molecule has 0 heterocycles. The van der Waals surface area contributed by atoms with Crippen molar-refractivity contribution >= 4 is 17.5 Å². The Kier molecular flexibility index (Phi) is 7.97. The number of aryl methyl sites for hydroxylation is 2. The Morgan fingerprint density at radius 3 is 2.10 bits per heavy atom. The highest BCUT2D eigenvalue weighted by atomic mass is 16.2. The molecule has 0 aliphatic carbocycles. The van der Waals surface area contributed by atoms with Gasteiger partial charge < -0.3 is 10.2 Å². The highest BCUT2D eigenvalue weighted by Gasteiger charge is 2.16. The molecule has 29 heavy (non-hydrogen) atoms. The van der Waals surface area contributed by atoms with E-state index >= 15 is 0 Å². The van der Waals surface area contributed by atoms with Gasteiger partial charge in [-0.15, -0.1) is 0 Å². The van der Waals surface area contributed by atoms with Crippen LogP contribution in [0.25, 0.3) is 0 Å². The molecule has 0 aliphatic rings. The van der Waals surface area contributed by atoms with Crippen LogP contribution in [-0.4, -0.2) is 47.8 Å². The highest BCUT2D eigenvalue weighted by Crippen LogP contribution is 2.19. The van der Waals surface area contributed by atoms with Gasteiger partial charge in [-0.05, 0) is 63.1 Å². The lowest BCUT2D eigenvalue weighted by Gasteiger charge is -2.25. The molecule has 0 aromatic heterocycles. The summed E-state index contributed by atoms with van der Waals surface area (Å²) in [5.74, 6) is -0.366. The first-order valence-electron chi connectivity index (χ1n) is 10.2. The van der Waals surface area contributed by atoms with E-state index in [1.807, 2.05) is 56.3 Å². The van der Waals surface area contributed by atoms with Gasteiger partial charge in [-0.1, -0.05) is 37.3 Å². The van der Waals surface area contributed by atoms with E-state index in [2.05, 4.69) is 31.0 Å². The van der Waals surface area contributed by atoms with Gasteiger partial charge in [-0.2, -0.15) is 0 Å². The summed E-state index contributed by atoms with van der Waals surface area (Å²) in [4.78, 5) is 28.9. The zero-order chi connectivity index (χ0) is 21.6. The monoisotopic (exact) mass is 395 g/mol. The molecule has 0 radical (unpaired) electrons. The number of hydrogen-bond acceptors (Lipinski definition) is 3. The fraction of sp³-hybridized carbons (Fsp3) is 0.417. The van der Waals surface area contributed by atoms with Crippen LogP contribution in [0, 0.1) is 13.8 Å². The normalized spacial score (nSPS) is 11.0. The third-order valence-corrected chi connectivity index (χ3v) is 5.20. The summed E-state index contributed by atoms with van der Waals surface area (Å²) in [6.07, 6.45) is 0. The summed E-state index contributed by atoms with van der Waals surface area (Å²) in [6, 6.07) is 14.0. The van der Waals surface area contributed by atoms with Gasteiger partial charge in [0.25, 0.3) is 5.91 Å². The number of amides is 2. The number of nitrogens with one attached hydrogen (secondary N) is 1. The number of nitrogens with zero attached hydrogens (tertiary/aromatic N) is 2. The molecule has 0 atom stereocenters. The van der Waals surface area contributed by atoms with Crippen molar-refractivity contribution in [3.8, 4) is 0 Å². The first-order valence-corrected chi connectivity index (χ1v) is 10.2. The topological polar surface area (TPSA) is 52.7 Å². The van der Waals surface area contributed by atoms with E-state index in [1.54, 1.807) is 7.05 Å². The Morgan fingerprint density at radius 1 is 1.00 bits per heavy atom. The molecular formula is C24H33N3O2. The third kappa shape index (κ3) is 6.16. The van der Waals surface area contributed by atoms with Gasteiger partial charge in [0.15, 0.2) is 0 Å². The van der Waals surface area contributed by atoms with Gasteiger partial charge in [0, 0.05) is 30.9 Å². The van der Waals surface area contributed by atoms with Crippen LogP contribution >= 0.6 is 0 Å². The zero-order valence-corrected chi connectivity index (χ0v) is 18.5. The third-order valence-electron chi connectivity index (χ3n) is 5.20. The summed E-state index contributed by atoms with van der Waals surface area (Å²) in [6.45, 7) is 12.3. The van der Waals surface area contributed by atoms with Crippen molar-refractivity contribution in [1.29, 1.82) is 0 Å². The minimum Gasteiger partial charge on any atom is -0.332 e. The van der Waals surface area contributed by atoms with E-state index in [4.69, 9.17) is 0 Å². The Morgan fingerprint density at radius 2 is 1.59 bits per heavy atom. The van der Waals surface area contributed by atoms with Gasteiger partial charge in [-0.25, -0.2) is 0 Å². The molecule has 0 unspecified atom stereocenters. The second kappa shape index (κ2) is 10.2. The van der Waals surface area contributed by atoms with E-state index in [9.17, 15) is 9.59 Å². The average Bonchev–Trinajstić information content (AvgIpc) is 2.68. The molecule has 1 N–H and O–H groups in total. The van der Waals surface area contributed by atoms with E-state index in [0.717, 1.165) is 29.9 Å². The van der Waals surface area contributed by atoms with Crippen molar-refractivity contribution in [2.75, 3.05) is 25.5 Å². The van der Waals surface area contributed by atoms with Crippen LogP contribution < -0.4 is 5.32 Å². The summed E-state index contributed by atoms with van der Waals surface area (Å²) >= 11 is 0. The molecule has 0 saturated carbocycles. The fourth-order valence-corrected chi connectivity index (χ4v) is 3.34. The van der Waals surface area contributed by atoms with Crippen molar-refractivity contribution in [2.24, 2.45) is 0 Å². The molecule has 2 amide bonds. The van der Waals surface area contributed by atoms with E-state index in [1.165, 1.54) is 10.5 Å². The van der Waals surface area contributed by atoms with Crippen LogP contribution in [-0.2, 0) is 11.3 Å². The van der Waals surface area contributed by atoms with Crippen molar-refractivity contribution in [1.82, 2.24) is 9.80 Å². The van der Waals surface area contributed by atoms with Crippen molar-refractivity contribution in [3.63, 3.8) is 0 Å². The fourth-order valence-electron chi connectivity index (χ4n) is 3.34. The number of rotatable bonds is 8. The Hall–Kier alpha value is -2.66. The zero-order valence-electron chi connectivity index (χ0n) is 18.5. The number of para-hydroxylation sites is 1. The molecule has 2 rings (SSSR count). The van der Waals surface area contributed by atoms with Crippen LogP contribution in [0.4, 0.5) is 5.69 Å². The number of carbonyl (C=O) groups is 2. The minimum absolute atomic E-state index is 0.00528. The van der Waals surface area contributed by atoms with Crippen molar-refractivity contribution in [2.45, 2.75) is 47.2 Å². The van der Waals surface area contributed by atoms with Gasteiger partial charge >= 0.3 is 0 Å². The van der Waals surface area contributed by atoms with Crippen LogP contribution in [0.5, 0.6) is 0 Å². The van der Waals surface area contributed by atoms with Gasteiger partial charge in [0.2, 0.25) is 5.91 Å². The Balaban J connectivity index is 1.98. The largest absolute Gasteiger partial charge is 0.332 e. The number of anilines is 1. The van der Waals surface area contributed by atoms with Gasteiger partial charge in [-0.3, -0.25) is 14.5 Å². The maximum Gasteiger partial charge on any atom is 0.254 e. The summed E-state index contributed by atoms with van der Waals surface area (Å²) in [5, 5.41) is 2.93. The molecule has 0 aliphatic heterocycles. The van der Waals surface area contributed by atoms with Crippen LogP contribution in [0.2, 0.25) is 0 Å². The smallest absolute Gasteiger partial charge is 0.254 e. The second-order valence-corrected chi connectivity index (χ2v) is 7.83. The van der Waals surface area contributed by atoms with Crippen molar-refractivity contribution in [3.05, 3.63) is 64.7 Å². The standard InChI is InChI=1S/C24H33N3O2/c1-7-27(17(2)3)15-20-11-13-21(14-12-20)24(29)26(6)16-22(28)25-23-18(4)9-8-10-19(23)5/h8-14,17H,7,15-16H2,1-6H3,(H,25,28). The maximum atomic E-state index is 12.7. The minimum atomic E-state index is -0.203. The predicted molar refractivity (Wildman–Crippen MR) is 119 cm³/mol. The summed E-state index contributed by atoms with van der Waals surface area (Å²) in [5.41, 5.74) is 4.58. The van der Waals surface area contributed by atoms with Gasteiger partial charge in [0.05, 0.1) is 6.54 Å². The second-order valence-electron chi connectivity index (χ2n) is 7.83. The van der Waals surface area contributed by atoms with Gasteiger partial charge in [0.1, 0.15) is 0 Å². The molecule has 5 heteroatoms. The SMILES string of the molecule is CCN(Cc1ccc(C(=O)N(C)CC(=O)Nc2c(C)cccc2C)cc1)C(C)C. The molecule has 0 spiro atoms. The number of hydrogen-bond donors (Lipinski definition) is 1. The lowest BCUT2D eigenvalue weighted by Crippen LogP contribution is -2.35. The van der Waals surface area contributed by atoms with Crippen LogP contribution in [0.15, 0.2) is 42.5 Å². The van der Waals surface area contributed by atoms with Crippen LogP contribution in [0.3, 0.4) is 0 Å². The summed E-state index contributed by atoms with van der Waals surface area (Å²) < 4.78 is 0. The van der Waals surface area contributed by atoms with E-state index < -0.39 is 0 Å². The molecule has 0 saturated heterocycles. The van der Waals surface area contributed by atoms with Crippen LogP contribution in [0.1, 0.15) is 47.8 Å². The number of benzene rings is 2. The average molecular weight is 396 g/mol. The molecule has 5 nitrogen and oxygen atoms in total. The number of carbonyl (C=O) groups excluding carboxylic acids is 2. The molecular weight excluding hydrogens is 362 g/mol. The van der Waals surface area contributed by atoms with E-state index in [-0.39, 0.29) is 18.4 Å². The lowest BCUT2D eigenvalue weighted by atomic mass is 10.1. The molecule has 2 aromatic carbocycles. The molecule has 2 aromatic rings. The molecule has 0 fully saturated rings. The lowest BCUT2D eigenvalue weighted by molar-refractivity contribution is -0.116. The van der Waals surface area contributed by atoms with E-state index in [0.29, 0.717) is 11.6 Å².